The van der Waals surface area contributed by atoms with Gasteiger partial charge in [0.1, 0.15) is 0 Å². The number of carbonyl (C=O) groups is 3. The minimum absolute atomic E-state index is 0.0315. The molecular weight excluding hydrogens is 374 g/mol. The summed E-state index contributed by atoms with van der Waals surface area (Å²) in [7, 11) is 3.51. The zero-order chi connectivity index (χ0) is 20.8. The van der Waals surface area contributed by atoms with Crippen LogP contribution in [0.1, 0.15) is 19.3 Å². The smallest absolute Gasteiger partial charge is 0.236 e. The monoisotopic (exact) mass is 407 g/mol. The molecule has 4 atom stereocenters. The lowest BCUT2D eigenvalue weighted by molar-refractivity contribution is -0.144. The van der Waals surface area contributed by atoms with E-state index in [1.807, 2.05) is 4.90 Å². The fraction of sp³-hybridized carbons (Fsp3) is 0.850. The molecule has 0 saturated carbocycles. The van der Waals surface area contributed by atoms with E-state index in [0.29, 0.717) is 45.8 Å². The van der Waals surface area contributed by atoms with Crippen molar-refractivity contribution < 1.29 is 19.1 Å². The van der Waals surface area contributed by atoms with E-state index in [1.54, 1.807) is 23.9 Å². The van der Waals surface area contributed by atoms with E-state index >= 15 is 0 Å². The molecular formula is C20H33N5O4. The van der Waals surface area contributed by atoms with Gasteiger partial charge < -0.3 is 25.2 Å². The molecule has 3 amide bonds. The van der Waals surface area contributed by atoms with Crippen LogP contribution in [0.2, 0.25) is 0 Å². The average molecular weight is 408 g/mol. The van der Waals surface area contributed by atoms with E-state index in [1.165, 1.54) is 0 Å². The minimum Gasteiger partial charge on any atom is -0.368 e. The van der Waals surface area contributed by atoms with Gasteiger partial charge in [-0.05, 0) is 19.3 Å². The molecule has 4 aliphatic heterocycles. The van der Waals surface area contributed by atoms with Crippen LogP contribution in [0.15, 0.2) is 0 Å². The molecule has 2 bridgehead atoms. The van der Waals surface area contributed by atoms with E-state index in [9.17, 15) is 14.4 Å². The predicted octanol–water partition coefficient (Wildman–Crippen LogP) is -1.43. The van der Waals surface area contributed by atoms with Crippen LogP contribution < -0.4 is 5.73 Å². The first-order valence-corrected chi connectivity index (χ1v) is 10.7. The maximum atomic E-state index is 13.5. The van der Waals surface area contributed by atoms with E-state index in [2.05, 4.69) is 4.90 Å². The molecule has 4 heterocycles. The first-order chi connectivity index (χ1) is 13.9. The summed E-state index contributed by atoms with van der Waals surface area (Å²) < 4.78 is 6.28. The predicted molar refractivity (Wildman–Crippen MR) is 106 cm³/mol. The molecule has 29 heavy (non-hydrogen) atoms. The third kappa shape index (κ3) is 3.53. The Kier molecular flexibility index (Phi) is 5.56. The highest BCUT2D eigenvalue weighted by atomic mass is 16.5. The van der Waals surface area contributed by atoms with Crippen molar-refractivity contribution in [1.29, 1.82) is 0 Å². The molecule has 0 unspecified atom stereocenters. The van der Waals surface area contributed by atoms with Crippen LogP contribution >= 0.6 is 0 Å². The van der Waals surface area contributed by atoms with E-state index < -0.39 is 5.60 Å². The van der Waals surface area contributed by atoms with Crippen molar-refractivity contribution in [2.75, 3.05) is 66.5 Å². The number of likely N-dealkylation sites (N-methyl/N-ethyl adjacent to an activating group) is 1. The molecule has 4 saturated heterocycles. The molecule has 4 aliphatic rings. The van der Waals surface area contributed by atoms with Crippen LogP contribution in [-0.2, 0) is 19.1 Å². The summed E-state index contributed by atoms with van der Waals surface area (Å²) >= 11 is 0. The average Bonchev–Trinajstić information content (AvgIpc) is 3.24. The SMILES string of the molecule is CN(C)C(=O)CN1CCCN(C(=O)[C@H]2[C@@H]3CC[C@@]4(CN(CCN)C(=O)[C@@H]24)O3)CC1. The normalized spacial score (nSPS) is 34.4. The topological polar surface area (TPSA) is 99.4 Å². The van der Waals surface area contributed by atoms with E-state index in [-0.39, 0.29) is 35.7 Å². The molecule has 9 heteroatoms. The Morgan fingerprint density at radius 1 is 1.24 bits per heavy atom. The number of rotatable bonds is 5. The highest BCUT2D eigenvalue weighted by Gasteiger charge is 2.69. The van der Waals surface area contributed by atoms with Crippen molar-refractivity contribution in [3.8, 4) is 0 Å². The lowest BCUT2D eigenvalue weighted by atomic mass is 9.72. The van der Waals surface area contributed by atoms with Crippen molar-refractivity contribution in [2.45, 2.75) is 31.0 Å². The molecule has 4 fully saturated rings. The van der Waals surface area contributed by atoms with Gasteiger partial charge in [-0.1, -0.05) is 0 Å². The highest BCUT2D eigenvalue weighted by Crippen LogP contribution is 2.55. The van der Waals surface area contributed by atoms with Crippen molar-refractivity contribution in [3.05, 3.63) is 0 Å². The molecule has 0 aromatic rings. The van der Waals surface area contributed by atoms with Crippen molar-refractivity contribution in [2.24, 2.45) is 17.6 Å². The number of ether oxygens (including phenoxy) is 1. The molecule has 4 rings (SSSR count). The minimum atomic E-state index is -0.493. The van der Waals surface area contributed by atoms with Crippen molar-refractivity contribution in [3.63, 3.8) is 0 Å². The molecule has 162 valence electrons. The Balaban J connectivity index is 1.43. The van der Waals surface area contributed by atoms with Crippen LogP contribution in [0.4, 0.5) is 0 Å². The van der Waals surface area contributed by atoms with Crippen LogP contribution in [0, 0.1) is 11.8 Å². The van der Waals surface area contributed by atoms with Gasteiger partial charge in [-0.25, -0.2) is 0 Å². The van der Waals surface area contributed by atoms with E-state index in [4.69, 9.17) is 10.5 Å². The number of nitrogens with two attached hydrogens (primary N) is 1. The maximum absolute atomic E-state index is 13.5. The maximum Gasteiger partial charge on any atom is 0.236 e. The molecule has 0 aromatic carbocycles. The number of nitrogens with zero attached hydrogens (tertiary/aromatic N) is 4. The zero-order valence-electron chi connectivity index (χ0n) is 17.5. The van der Waals surface area contributed by atoms with Crippen molar-refractivity contribution in [1.82, 2.24) is 19.6 Å². The Bertz CT molecular complexity index is 686. The second-order valence-electron chi connectivity index (χ2n) is 9.05. The Labute approximate surface area is 172 Å². The fourth-order valence-corrected chi connectivity index (χ4v) is 5.56. The summed E-state index contributed by atoms with van der Waals surface area (Å²) in [6.45, 7) is 4.60. The standard InChI is InChI=1S/C20H33N5O4/c1-22(2)15(26)12-23-7-3-8-24(11-10-23)18(27)16-14-4-5-20(29-14)13-25(9-6-21)19(28)17(16)20/h14,16-17H,3-13,21H2,1-2H3/t14-,16-,17+,20-/m0/s1. The molecule has 1 spiro atoms. The van der Waals surface area contributed by atoms with Crippen LogP contribution in [-0.4, -0.2) is 115 Å². The fourth-order valence-electron chi connectivity index (χ4n) is 5.56. The second kappa shape index (κ2) is 7.85. The molecule has 0 aliphatic carbocycles. The lowest BCUT2D eigenvalue weighted by Gasteiger charge is -2.31. The Morgan fingerprint density at radius 3 is 2.76 bits per heavy atom. The summed E-state index contributed by atoms with van der Waals surface area (Å²) in [6.07, 6.45) is 2.37. The Hall–Kier alpha value is -1.71. The Morgan fingerprint density at radius 2 is 2.03 bits per heavy atom. The van der Waals surface area contributed by atoms with Gasteiger partial charge in [0.25, 0.3) is 0 Å². The summed E-state index contributed by atoms with van der Waals surface area (Å²) in [5, 5.41) is 0. The van der Waals surface area contributed by atoms with Crippen LogP contribution in [0.25, 0.3) is 0 Å². The first kappa shape index (κ1) is 20.6. The number of hydrogen-bond donors (Lipinski definition) is 1. The number of amides is 3. The number of likely N-dealkylation sites (tertiary alicyclic amines) is 1. The number of carbonyl (C=O) groups excluding carboxylic acids is 3. The second-order valence-corrected chi connectivity index (χ2v) is 9.05. The van der Waals surface area contributed by atoms with Crippen molar-refractivity contribution >= 4 is 17.7 Å². The number of fused-ring (bicyclic) bond motifs is 1. The van der Waals surface area contributed by atoms with Gasteiger partial charge in [-0.15, -0.1) is 0 Å². The van der Waals surface area contributed by atoms with Gasteiger partial charge in [-0.3, -0.25) is 19.3 Å². The summed E-state index contributed by atoms with van der Waals surface area (Å²) in [5.41, 5.74) is 5.18. The van der Waals surface area contributed by atoms with Gasteiger partial charge in [-0.2, -0.15) is 0 Å². The largest absolute Gasteiger partial charge is 0.368 e. The lowest BCUT2D eigenvalue weighted by Crippen LogP contribution is -2.48. The van der Waals surface area contributed by atoms with Gasteiger partial charge in [0.2, 0.25) is 17.7 Å². The summed E-state index contributed by atoms with van der Waals surface area (Å²) in [5.74, 6) is -0.594. The number of hydrogen-bond acceptors (Lipinski definition) is 6. The molecule has 2 N–H and O–H groups in total. The zero-order valence-corrected chi connectivity index (χ0v) is 17.5. The third-order valence-corrected chi connectivity index (χ3v) is 7.04. The van der Waals surface area contributed by atoms with Gasteiger partial charge in [0, 0.05) is 53.4 Å². The van der Waals surface area contributed by atoms with Crippen LogP contribution in [0.5, 0.6) is 0 Å². The van der Waals surface area contributed by atoms with E-state index in [0.717, 1.165) is 25.8 Å². The molecule has 9 nitrogen and oxygen atoms in total. The van der Waals surface area contributed by atoms with Gasteiger partial charge in [0.05, 0.1) is 36.6 Å². The summed E-state index contributed by atoms with van der Waals surface area (Å²) in [6, 6.07) is 0. The van der Waals surface area contributed by atoms with Gasteiger partial charge >= 0.3 is 0 Å². The quantitative estimate of drug-likeness (QED) is 0.600. The van der Waals surface area contributed by atoms with Gasteiger partial charge in [0.15, 0.2) is 0 Å². The third-order valence-electron chi connectivity index (χ3n) is 7.04. The first-order valence-electron chi connectivity index (χ1n) is 10.7. The molecule has 0 radical (unpaired) electrons. The van der Waals surface area contributed by atoms with Crippen LogP contribution in [0.3, 0.4) is 0 Å². The summed E-state index contributed by atoms with van der Waals surface area (Å²) in [4.78, 5) is 45.9. The highest BCUT2D eigenvalue weighted by molar-refractivity contribution is 5.92. The molecule has 0 aromatic heterocycles.